The van der Waals surface area contributed by atoms with Crippen molar-refractivity contribution >= 4 is 12.6 Å². The molecule has 0 radical (unpaired) electrons. The predicted octanol–water partition coefficient (Wildman–Crippen LogP) is 9.11. The first-order valence-corrected chi connectivity index (χ1v) is 15.4. The number of benzene rings is 5. The van der Waals surface area contributed by atoms with Crippen LogP contribution in [0.4, 0.5) is 0 Å². The minimum atomic E-state index is -0.410. The van der Waals surface area contributed by atoms with Crippen LogP contribution >= 0.6 is 0 Å². The highest BCUT2D eigenvalue weighted by atomic mass is 16.7. The van der Waals surface area contributed by atoms with Gasteiger partial charge in [-0.3, -0.25) is 0 Å². The molecular weight excluding hydrogens is 551 g/mol. The van der Waals surface area contributed by atoms with E-state index in [0.717, 1.165) is 39.1 Å². The first-order valence-electron chi connectivity index (χ1n) is 15.4. The van der Waals surface area contributed by atoms with Crippen molar-refractivity contribution in [3.05, 3.63) is 140 Å². The van der Waals surface area contributed by atoms with Crippen LogP contribution in [0.1, 0.15) is 27.7 Å². The zero-order chi connectivity index (χ0) is 31.0. The van der Waals surface area contributed by atoms with E-state index < -0.39 is 7.12 Å². The summed E-state index contributed by atoms with van der Waals surface area (Å²) in [4.78, 5) is 10.1. The van der Waals surface area contributed by atoms with Gasteiger partial charge >= 0.3 is 7.12 Å². The van der Waals surface area contributed by atoms with Crippen LogP contribution < -0.4 is 5.46 Å². The van der Waals surface area contributed by atoms with E-state index in [1.807, 2.05) is 12.1 Å². The molecule has 4 nitrogen and oxygen atoms in total. The first kappa shape index (κ1) is 28.9. The monoisotopic (exact) mass is 586 g/mol. The lowest BCUT2D eigenvalue weighted by Crippen LogP contribution is -2.41. The highest BCUT2D eigenvalue weighted by Crippen LogP contribution is 2.37. The van der Waals surface area contributed by atoms with Gasteiger partial charge in [0.15, 0.2) is 5.82 Å². The van der Waals surface area contributed by atoms with Gasteiger partial charge in [0, 0.05) is 16.7 Å². The summed E-state index contributed by atoms with van der Waals surface area (Å²) >= 11 is 0. The summed E-state index contributed by atoms with van der Waals surface area (Å²) < 4.78 is 12.6. The zero-order valence-corrected chi connectivity index (χ0v) is 26.1. The van der Waals surface area contributed by atoms with E-state index in [2.05, 4.69) is 155 Å². The van der Waals surface area contributed by atoms with Gasteiger partial charge in [-0.05, 0) is 61.5 Å². The lowest BCUT2D eigenvalue weighted by molar-refractivity contribution is 0.00578. The number of rotatable bonds is 6. The molecule has 2 heterocycles. The molecule has 7 rings (SSSR count). The molecular formula is C40H35BN2O2. The average Bonchev–Trinajstić information content (AvgIpc) is 3.31. The van der Waals surface area contributed by atoms with Gasteiger partial charge in [0.05, 0.1) is 22.6 Å². The molecule has 220 valence electrons. The molecule has 45 heavy (non-hydrogen) atoms. The van der Waals surface area contributed by atoms with Gasteiger partial charge in [-0.15, -0.1) is 0 Å². The Hall–Kier alpha value is -4.84. The topological polar surface area (TPSA) is 44.2 Å². The molecule has 0 bridgehead atoms. The molecule has 0 unspecified atom stereocenters. The zero-order valence-electron chi connectivity index (χ0n) is 26.1. The molecule has 0 saturated carbocycles. The molecule has 0 aliphatic carbocycles. The maximum Gasteiger partial charge on any atom is 0.494 e. The highest BCUT2D eigenvalue weighted by molar-refractivity contribution is 6.62. The maximum atomic E-state index is 6.28. The smallest absolute Gasteiger partial charge is 0.399 e. The summed E-state index contributed by atoms with van der Waals surface area (Å²) in [5.41, 5.74) is 9.64. The van der Waals surface area contributed by atoms with Gasteiger partial charge < -0.3 is 9.31 Å². The molecule has 0 N–H and O–H groups in total. The molecule has 1 aliphatic rings. The van der Waals surface area contributed by atoms with Crippen LogP contribution in [-0.4, -0.2) is 28.3 Å². The van der Waals surface area contributed by atoms with E-state index in [0.29, 0.717) is 5.82 Å². The third-order valence-electron chi connectivity index (χ3n) is 9.00. The van der Waals surface area contributed by atoms with Crippen molar-refractivity contribution in [3.8, 4) is 56.2 Å². The van der Waals surface area contributed by atoms with E-state index in [9.17, 15) is 0 Å². The fraction of sp³-hybridized carbons (Fsp3) is 0.150. The quantitative estimate of drug-likeness (QED) is 0.183. The number of hydrogen-bond donors (Lipinski definition) is 0. The van der Waals surface area contributed by atoms with E-state index in [1.165, 1.54) is 16.7 Å². The Morgan fingerprint density at radius 1 is 0.422 bits per heavy atom. The Labute approximate surface area is 265 Å². The molecule has 1 saturated heterocycles. The summed E-state index contributed by atoms with van der Waals surface area (Å²) in [6.45, 7) is 8.29. The molecule has 5 heteroatoms. The predicted molar refractivity (Wildman–Crippen MR) is 185 cm³/mol. The van der Waals surface area contributed by atoms with Crippen LogP contribution in [-0.2, 0) is 9.31 Å². The van der Waals surface area contributed by atoms with Crippen molar-refractivity contribution in [1.29, 1.82) is 0 Å². The standard InChI is InChI=1S/C40H35BN2O2/c1-39(2)40(3,4)45-41(44-39)35-25-23-33(24-26-35)37-27-36(32-19-15-30(16-20-32)28-11-7-5-8-12-28)42-38(43-37)34-21-17-31(18-22-34)29-13-9-6-10-14-29/h5-27H,1-4H3. The number of hydrogen-bond acceptors (Lipinski definition) is 4. The van der Waals surface area contributed by atoms with Crippen LogP contribution in [0.15, 0.2) is 140 Å². The summed E-state index contributed by atoms with van der Waals surface area (Å²) in [6.07, 6.45) is 0. The molecule has 1 fully saturated rings. The second-order valence-corrected chi connectivity index (χ2v) is 12.6. The minimum absolute atomic E-state index is 0.390. The molecule has 1 aliphatic heterocycles. The van der Waals surface area contributed by atoms with Crippen molar-refractivity contribution in [2.45, 2.75) is 38.9 Å². The SMILES string of the molecule is CC1(C)OB(c2ccc(-c3cc(-c4ccc(-c5ccccc5)cc4)nc(-c4ccc(-c5ccccc5)cc4)n3)cc2)OC1(C)C. The van der Waals surface area contributed by atoms with Crippen LogP contribution in [0, 0.1) is 0 Å². The van der Waals surface area contributed by atoms with Crippen molar-refractivity contribution in [2.24, 2.45) is 0 Å². The Bertz CT molecular complexity index is 1800. The second kappa shape index (κ2) is 11.6. The van der Waals surface area contributed by atoms with Crippen molar-refractivity contribution < 1.29 is 9.31 Å². The van der Waals surface area contributed by atoms with Crippen molar-refractivity contribution in [3.63, 3.8) is 0 Å². The van der Waals surface area contributed by atoms with Gasteiger partial charge in [0.25, 0.3) is 0 Å². The molecule has 0 amide bonds. The molecule has 1 aromatic heterocycles. The number of aromatic nitrogens is 2. The fourth-order valence-corrected chi connectivity index (χ4v) is 5.57. The van der Waals surface area contributed by atoms with E-state index in [4.69, 9.17) is 19.3 Å². The fourth-order valence-electron chi connectivity index (χ4n) is 5.57. The average molecular weight is 587 g/mol. The van der Waals surface area contributed by atoms with Crippen LogP contribution in [0.3, 0.4) is 0 Å². The van der Waals surface area contributed by atoms with Gasteiger partial charge in [-0.2, -0.15) is 0 Å². The minimum Gasteiger partial charge on any atom is -0.399 e. The van der Waals surface area contributed by atoms with Crippen LogP contribution in [0.2, 0.25) is 0 Å². The molecule has 6 aromatic rings. The van der Waals surface area contributed by atoms with E-state index >= 15 is 0 Å². The third kappa shape index (κ3) is 5.85. The Kier molecular flexibility index (Phi) is 7.44. The highest BCUT2D eigenvalue weighted by Gasteiger charge is 2.51. The van der Waals surface area contributed by atoms with Crippen LogP contribution in [0.25, 0.3) is 56.2 Å². The van der Waals surface area contributed by atoms with Gasteiger partial charge in [0.2, 0.25) is 0 Å². The van der Waals surface area contributed by atoms with Crippen molar-refractivity contribution in [1.82, 2.24) is 9.97 Å². The van der Waals surface area contributed by atoms with Gasteiger partial charge in [-0.1, -0.05) is 133 Å². The number of nitrogens with zero attached hydrogens (tertiary/aromatic N) is 2. The lowest BCUT2D eigenvalue weighted by atomic mass is 9.79. The summed E-state index contributed by atoms with van der Waals surface area (Å²) in [5.74, 6) is 0.685. The normalized spacial score (nSPS) is 15.2. The first-order chi connectivity index (χ1) is 21.8. The third-order valence-corrected chi connectivity index (χ3v) is 9.00. The van der Waals surface area contributed by atoms with Gasteiger partial charge in [0.1, 0.15) is 0 Å². The van der Waals surface area contributed by atoms with E-state index in [1.54, 1.807) is 0 Å². The summed E-state index contributed by atoms with van der Waals surface area (Å²) in [7, 11) is -0.410. The Morgan fingerprint density at radius 2 is 0.778 bits per heavy atom. The van der Waals surface area contributed by atoms with E-state index in [-0.39, 0.29) is 11.2 Å². The lowest BCUT2D eigenvalue weighted by Gasteiger charge is -2.32. The summed E-state index contributed by atoms with van der Waals surface area (Å²) in [6, 6.07) is 48.3. The van der Waals surface area contributed by atoms with Crippen molar-refractivity contribution in [2.75, 3.05) is 0 Å². The molecule has 0 spiro atoms. The largest absolute Gasteiger partial charge is 0.494 e. The van der Waals surface area contributed by atoms with Crippen LogP contribution in [0.5, 0.6) is 0 Å². The Morgan fingerprint density at radius 3 is 1.22 bits per heavy atom. The Balaban J connectivity index is 1.25. The second-order valence-electron chi connectivity index (χ2n) is 12.6. The summed E-state index contributed by atoms with van der Waals surface area (Å²) in [5, 5.41) is 0. The molecule has 0 atom stereocenters. The van der Waals surface area contributed by atoms with Gasteiger partial charge in [-0.25, -0.2) is 9.97 Å². The molecule has 5 aromatic carbocycles. The maximum absolute atomic E-state index is 6.28.